The minimum Gasteiger partial charge on any atom is -0.463 e. The SMILES string of the molecule is CC(=O)c1ccc(NC(=O)NCC(C)(O)c2ccc(C)o2)cc1C. The van der Waals surface area contributed by atoms with Gasteiger partial charge in [-0.15, -0.1) is 0 Å². The number of carbonyl (C=O) groups is 2. The van der Waals surface area contributed by atoms with Crippen LogP contribution in [0, 0.1) is 13.8 Å². The smallest absolute Gasteiger partial charge is 0.319 e. The van der Waals surface area contributed by atoms with E-state index in [1.807, 2.05) is 6.92 Å². The molecule has 0 aliphatic rings. The number of Topliss-reactive ketones (excluding diaryl/α,β-unsaturated/α-hetero) is 1. The maximum atomic E-state index is 12.0. The quantitative estimate of drug-likeness (QED) is 0.735. The summed E-state index contributed by atoms with van der Waals surface area (Å²) in [4.78, 5) is 23.4. The van der Waals surface area contributed by atoms with E-state index in [0.717, 1.165) is 5.56 Å². The summed E-state index contributed by atoms with van der Waals surface area (Å²) in [5.74, 6) is 1.06. The topological polar surface area (TPSA) is 91.6 Å². The number of ketones is 1. The first-order valence-corrected chi connectivity index (χ1v) is 7.65. The van der Waals surface area contributed by atoms with Gasteiger partial charge in [0.05, 0.1) is 6.54 Å². The molecule has 0 aliphatic carbocycles. The van der Waals surface area contributed by atoms with Gasteiger partial charge in [-0.2, -0.15) is 0 Å². The minimum absolute atomic E-state index is 0.00367. The van der Waals surface area contributed by atoms with Crippen molar-refractivity contribution in [1.29, 1.82) is 0 Å². The Balaban J connectivity index is 1.96. The number of aliphatic hydroxyl groups is 1. The molecule has 1 atom stereocenters. The van der Waals surface area contributed by atoms with Crippen molar-refractivity contribution in [3.8, 4) is 0 Å². The summed E-state index contributed by atoms with van der Waals surface area (Å²) in [6, 6.07) is 8.05. The second-order valence-electron chi connectivity index (χ2n) is 6.08. The molecule has 1 aromatic heterocycles. The molecule has 1 unspecified atom stereocenters. The van der Waals surface area contributed by atoms with Crippen molar-refractivity contribution in [3.05, 3.63) is 53.0 Å². The average molecular weight is 330 g/mol. The zero-order chi connectivity index (χ0) is 17.9. The van der Waals surface area contributed by atoms with Crippen molar-refractivity contribution >= 4 is 17.5 Å². The number of aryl methyl sites for hydroxylation is 2. The Morgan fingerprint density at radius 2 is 1.92 bits per heavy atom. The van der Waals surface area contributed by atoms with Gasteiger partial charge in [0.15, 0.2) is 5.78 Å². The van der Waals surface area contributed by atoms with Crippen LogP contribution in [-0.4, -0.2) is 23.5 Å². The number of furan rings is 1. The summed E-state index contributed by atoms with van der Waals surface area (Å²) >= 11 is 0. The van der Waals surface area contributed by atoms with Crippen LogP contribution in [-0.2, 0) is 5.60 Å². The van der Waals surface area contributed by atoms with Gasteiger partial charge in [-0.05, 0) is 63.6 Å². The van der Waals surface area contributed by atoms with Crippen molar-refractivity contribution in [3.63, 3.8) is 0 Å². The van der Waals surface area contributed by atoms with Crippen LogP contribution >= 0.6 is 0 Å². The number of urea groups is 1. The highest BCUT2D eigenvalue weighted by Crippen LogP contribution is 2.22. The number of carbonyl (C=O) groups excluding carboxylic acids is 2. The second kappa shape index (κ2) is 6.88. The highest BCUT2D eigenvalue weighted by Gasteiger charge is 2.27. The molecular weight excluding hydrogens is 308 g/mol. The summed E-state index contributed by atoms with van der Waals surface area (Å²) in [5, 5.41) is 15.7. The number of benzene rings is 1. The molecule has 0 radical (unpaired) electrons. The van der Waals surface area contributed by atoms with Crippen LogP contribution in [0.25, 0.3) is 0 Å². The molecule has 24 heavy (non-hydrogen) atoms. The Morgan fingerprint density at radius 3 is 2.46 bits per heavy atom. The third-order valence-corrected chi connectivity index (χ3v) is 3.73. The van der Waals surface area contributed by atoms with E-state index in [4.69, 9.17) is 4.42 Å². The Hall–Kier alpha value is -2.60. The number of nitrogens with one attached hydrogen (secondary N) is 2. The zero-order valence-corrected chi connectivity index (χ0v) is 14.3. The number of hydrogen-bond acceptors (Lipinski definition) is 4. The lowest BCUT2D eigenvalue weighted by molar-refractivity contribution is 0.0364. The van der Waals surface area contributed by atoms with Crippen molar-refractivity contribution in [2.24, 2.45) is 0 Å². The Kier molecular flexibility index (Phi) is 5.09. The van der Waals surface area contributed by atoms with Crippen molar-refractivity contribution in [2.75, 3.05) is 11.9 Å². The van der Waals surface area contributed by atoms with Crippen LogP contribution in [0.5, 0.6) is 0 Å². The first kappa shape index (κ1) is 17.7. The van der Waals surface area contributed by atoms with Crippen molar-refractivity contribution < 1.29 is 19.1 Å². The van der Waals surface area contributed by atoms with Gasteiger partial charge < -0.3 is 20.2 Å². The van der Waals surface area contributed by atoms with Gasteiger partial charge in [0.25, 0.3) is 0 Å². The molecule has 0 saturated heterocycles. The van der Waals surface area contributed by atoms with E-state index in [0.29, 0.717) is 22.8 Å². The zero-order valence-electron chi connectivity index (χ0n) is 14.3. The Morgan fingerprint density at radius 1 is 1.21 bits per heavy atom. The fraction of sp³-hybridized carbons (Fsp3) is 0.333. The van der Waals surface area contributed by atoms with E-state index in [1.54, 1.807) is 44.2 Å². The van der Waals surface area contributed by atoms with Crippen molar-refractivity contribution in [1.82, 2.24) is 5.32 Å². The normalized spacial score (nSPS) is 13.2. The van der Waals surface area contributed by atoms with E-state index in [2.05, 4.69) is 10.6 Å². The van der Waals surface area contributed by atoms with Gasteiger partial charge in [0, 0.05) is 11.3 Å². The largest absolute Gasteiger partial charge is 0.463 e. The standard InChI is InChI=1S/C18H22N2O4/c1-11-9-14(6-7-15(11)13(3)21)20-17(22)19-10-18(4,23)16-8-5-12(2)24-16/h5-9,23H,10H2,1-4H3,(H2,19,20,22). The first-order chi connectivity index (χ1) is 11.2. The average Bonchev–Trinajstić information content (AvgIpc) is 2.92. The molecule has 2 amide bonds. The van der Waals surface area contributed by atoms with E-state index in [1.165, 1.54) is 6.92 Å². The molecule has 0 aliphatic heterocycles. The molecule has 0 spiro atoms. The third-order valence-electron chi connectivity index (χ3n) is 3.73. The first-order valence-electron chi connectivity index (χ1n) is 7.65. The van der Waals surface area contributed by atoms with Crippen molar-refractivity contribution in [2.45, 2.75) is 33.3 Å². The maximum absolute atomic E-state index is 12.0. The molecule has 0 bridgehead atoms. The van der Waals surface area contributed by atoms with Crippen LogP contribution in [0.3, 0.4) is 0 Å². The van der Waals surface area contributed by atoms with E-state index in [9.17, 15) is 14.7 Å². The maximum Gasteiger partial charge on any atom is 0.319 e. The molecule has 2 rings (SSSR count). The van der Waals surface area contributed by atoms with Gasteiger partial charge in [0.1, 0.15) is 17.1 Å². The fourth-order valence-corrected chi connectivity index (χ4v) is 2.38. The number of rotatable bonds is 5. The number of hydrogen-bond donors (Lipinski definition) is 3. The third kappa shape index (κ3) is 4.23. The monoisotopic (exact) mass is 330 g/mol. The molecule has 2 aromatic rings. The number of anilines is 1. The van der Waals surface area contributed by atoms with E-state index in [-0.39, 0.29) is 12.3 Å². The molecule has 128 valence electrons. The van der Waals surface area contributed by atoms with Gasteiger partial charge >= 0.3 is 6.03 Å². The van der Waals surface area contributed by atoms with Crippen LogP contribution < -0.4 is 10.6 Å². The molecule has 6 nitrogen and oxygen atoms in total. The lowest BCUT2D eigenvalue weighted by atomic mass is 10.0. The van der Waals surface area contributed by atoms with E-state index >= 15 is 0 Å². The van der Waals surface area contributed by atoms with Crippen LogP contribution in [0.4, 0.5) is 10.5 Å². The highest BCUT2D eigenvalue weighted by molar-refractivity contribution is 5.96. The number of amides is 2. The van der Waals surface area contributed by atoms with Crippen LogP contribution in [0.15, 0.2) is 34.7 Å². The summed E-state index contributed by atoms with van der Waals surface area (Å²) in [6.45, 7) is 6.66. The second-order valence-corrected chi connectivity index (χ2v) is 6.08. The Labute approximate surface area is 140 Å². The summed E-state index contributed by atoms with van der Waals surface area (Å²) in [5.41, 5.74) is 0.680. The summed E-state index contributed by atoms with van der Waals surface area (Å²) in [7, 11) is 0. The molecule has 6 heteroatoms. The molecule has 3 N–H and O–H groups in total. The highest BCUT2D eigenvalue weighted by atomic mass is 16.4. The minimum atomic E-state index is -1.31. The fourth-order valence-electron chi connectivity index (χ4n) is 2.38. The summed E-state index contributed by atoms with van der Waals surface area (Å²) in [6.07, 6.45) is 0. The predicted octanol–water partition coefficient (Wildman–Crippen LogP) is 3.13. The predicted molar refractivity (Wildman–Crippen MR) is 91.2 cm³/mol. The molecule has 1 heterocycles. The van der Waals surface area contributed by atoms with Gasteiger partial charge in [0.2, 0.25) is 0 Å². The van der Waals surface area contributed by atoms with Gasteiger partial charge in [-0.3, -0.25) is 4.79 Å². The molecule has 1 aromatic carbocycles. The van der Waals surface area contributed by atoms with E-state index < -0.39 is 11.6 Å². The van der Waals surface area contributed by atoms with Crippen LogP contribution in [0.2, 0.25) is 0 Å². The van der Waals surface area contributed by atoms with Gasteiger partial charge in [-0.25, -0.2) is 4.79 Å². The Bertz CT molecular complexity index is 762. The lowest BCUT2D eigenvalue weighted by Gasteiger charge is -2.21. The lowest BCUT2D eigenvalue weighted by Crippen LogP contribution is -2.40. The molecular formula is C18H22N2O4. The van der Waals surface area contributed by atoms with Crippen LogP contribution in [0.1, 0.15) is 41.3 Å². The molecule has 0 saturated carbocycles. The van der Waals surface area contributed by atoms with Gasteiger partial charge in [-0.1, -0.05) is 0 Å². The summed E-state index contributed by atoms with van der Waals surface area (Å²) < 4.78 is 5.40. The molecule has 0 fully saturated rings.